The van der Waals surface area contributed by atoms with E-state index in [1.165, 1.54) is 43.3 Å². The molecule has 3 saturated carbocycles. The van der Waals surface area contributed by atoms with Gasteiger partial charge >= 0.3 is 11.9 Å². The molecule has 62 heavy (non-hydrogen) atoms. The SMILES string of the molecule is CN(C)C(C(=O)Nc1ccc2cnccc2c1)c1ccc(COC(=O)c2ccc(C(=O)OCC(=O)[C@H]3CCC4[C@@H]5C[C@H](F)C6=CC(=O)C=C[C@]6(C)[C@@]5(F)[C@@H](O)C[C@@]43C)cc2)cc1. The van der Waals surface area contributed by atoms with Crippen LogP contribution in [-0.4, -0.2) is 83.0 Å². The van der Waals surface area contributed by atoms with Crippen LogP contribution in [0, 0.1) is 28.6 Å². The molecule has 4 aromatic rings. The number of hydrogen-bond acceptors (Lipinski definition) is 10. The lowest BCUT2D eigenvalue weighted by Gasteiger charge is -2.62. The summed E-state index contributed by atoms with van der Waals surface area (Å²) in [7, 11) is 3.63. The number of nitrogens with zero attached hydrogens (tertiary/aromatic N) is 2. The zero-order valence-electron chi connectivity index (χ0n) is 35.0. The minimum Gasteiger partial charge on any atom is -0.457 e. The van der Waals surface area contributed by atoms with Gasteiger partial charge in [-0.25, -0.2) is 18.4 Å². The zero-order chi connectivity index (χ0) is 44.1. The number of fused-ring (bicyclic) bond motifs is 6. The molecule has 4 aliphatic carbocycles. The number of ketones is 2. The fourth-order valence-electron chi connectivity index (χ4n) is 10.9. The number of aliphatic hydroxyl groups is 1. The maximum absolute atomic E-state index is 17.4. The van der Waals surface area contributed by atoms with Crippen molar-refractivity contribution in [3.63, 3.8) is 0 Å². The van der Waals surface area contributed by atoms with E-state index in [2.05, 4.69) is 10.3 Å². The molecule has 13 heteroatoms. The Kier molecular flexibility index (Phi) is 11.3. The number of alkyl halides is 2. The van der Waals surface area contributed by atoms with Crippen LogP contribution >= 0.6 is 0 Å². The highest BCUT2D eigenvalue weighted by Gasteiger charge is 2.72. The van der Waals surface area contributed by atoms with Crippen molar-refractivity contribution in [3.8, 4) is 0 Å². The first-order chi connectivity index (χ1) is 29.5. The number of carbonyl (C=O) groups is 5. The van der Waals surface area contributed by atoms with Gasteiger partial charge in [-0.1, -0.05) is 43.3 Å². The molecule has 3 fully saturated rings. The number of likely N-dealkylation sites (N-methyl/N-ethyl adjacent to an activating group) is 1. The molecule has 322 valence electrons. The third-order valence-electron chi connectivity index (χ3n) is 14.1. The third kappa shape index (κ3) is 7.44. The van der Waals surface area contributed by atoms with Crippen LogP contribution in [0.1, 0.15) is 77.4 Å². The number of amides is 1. The summed E-state index contributed by atoms with van der Waals surface area (Å²) in [5.74, 6) is -4.33. The first-order valence-corrected chi connectivity index (χ1v) is 20.9. The van der Waals surface area contributed by atoms with Crippen LogP contribution in [0.4, 0.5) is 14.5 Å². The standard InChI is InChI=1S/C49H49F2N3O8/c1-47-24-42(57)49(51)38(23-40(50)39-22-35(55)17-19-48(39,49)2)36(47)15-16-37(47)41(56)27-62-46(60)31-11-9-30(10-12-31)45(59)61-26-28-5-7-29(8-6-28)43(54(3)4)44(58)53-34-14-13-33-25-52-20-18-32(33)21-34/h5-14,17-22,25,36-38,40,42-43,57H,15-16,23-24,26-27H2,1-4H3,(H,53,58)/t36?,37-,38+,40+,42+,43?,47+,48+,49+/m1/s1. The van der Waals surface area contributed by atoms with Gasteiger partial charge < -0.3 is 19.9 Å². The number of hydrogen-bond donors (Lipinski definition) is 2. The smallest absolute Gasteiger partial charge is 0.338 e. The van der Waals surface area contributed by atoms with Crippen LogP contribution < -0.4 is 5.32 Å². The normalized spacial score (nSPS) is 29.2. The summed E-state index contributed by atoms with van der Waals surface area (Å²) < 4.78 is 44.0. The van der Waals surface area contributed by atoms with Gasteiger partial charge in [-0.3, -0.25) is 24.3 Å². The number of aromatic nitrogens is 1. The Balaban J connectivity index is 0.837. The fourth-order valence-corrected chi connectivity index (χ4v) is 10.9. The van der Waals surface area contributed by atoms with Crippen LogP contribution in [0.2, 0.25) is 0 Å². The Morgan fingerprint density at radius 1 is 0.919 bits per heavy atom. The number of benzene rings is 3. The van der Waals surface area contributed by atoms with Crippen LogP contribution in [-0.2, 0) is 30.5 Å². The number of aliphatic hydroxyl groups excluding tert-OH is 1. The van der Waals surface area contributed by atoms with Crippen molar-refractivity contribution in [2.24, 2.45) is 28.6 Å². The fraction of sp³-hybridized carbons (Fsp3) is 0.388. The van der Waals surface area contributed by atoms with Gasteiger partial charge in [0.25, 0.3) is 0 Å². The second kappa shape index (κ2) is 16.4. The molecule has 0 saturated heterocycles. The van der Waals surface area contributed by atoms with Gasteiger partial charge in [-0.2, -0.15) is 0 Å². The number of anilines is 1. The van der Waals surface area contributed by atoms with Gasteiger partial charge in [0.05, 0.1) is 17.2 Å². The molecule has 9 atom stereocenters. The van der Waals surface area contributed by atoms with Gasteiger partial charge in [0, 0.05) is 40.7 Å². The first kappa shape index (κ1) is 42.8. The number of Topliss-reactive ketones (excluding diaryl/α,β-unsaturated/α-hetero) is 1. The molecule has 8 rings (SSSR count). The second-order valence-electron chi connectivity index (χ2n) is 17.8. The Hall–Kier alpha value is -5.92. The van der Waals surface area contributed by atoms with Crippen molar-refractivity contribution >= 4 is 45.9 Å². The van der Waals surface area contributed by atoms with Gasteiger partial charge in [0.1, 0.15) is 18.8 Å². The third-order valence-corrected chi connectivity index (χ3v) is 14.1. The van der Waals surface area contributed by atoms with E-state index in [1.54, 1.807) is 24.5 Å². The molecule has 11 nitrogen and oxygen atoms in total. The summed E-state index contributed by atoms with van der Waals surface area (Å²) in [6.45, 7) is 2.79. The van der Waals surface area contributed by atoms with Crippen molar-refractivity contribution in [1.82, 2.24) is 9.88 Å². The molecule has 2 unspecified atom stereocenters. The number of halogens is 2. The van der Waals surface area contributed by atoms with E-state index in [1.807, 2.05) is 62.3 Å². The topological polar surface area (TPSA) is 152 Å². The molecule has 1 amide bonds. The first-order valence-electron chi connectivity index (χ1n) is 20.9. The molecule has 0 radical (unpaired) electrons. The quantitative estimate of drug-likeness (QED) is 0.145. The van der Waals surface area contributed by atoms with E-state index in [4.69, 9.17) is 9.47 Å². The predicted molar refractivity (Wildman–Crippen MR) is 226 cm³/mol. The van der Waals surface area contributed by atoms with Crippen molar-refractivity contribution in [2.75, 3.05) is 26.0 Å². The molecule has 2 N–H and O–H groups in total. The molecular formula is C49H49F2N3O8. The second-order valence-corrected chi connectivity index (χ2v) is 17.8. The minimum atomic E-state index is -2.23. The highest BCUT2D eigenvalue weighted by Crippen LogP contribution is 2.69. The molecule has 0 spiro atoms. The molecule has 0 aliphatic heterocycles. The van der Waals surface area contributed by atoms with Gasteiger partial charge in [0.15, 0.2) is 23.8 Å². The Labute approximate surface area is 358 Å². The van der Waals surface area contributed by atoms with Crippen molar-refractivity contribution in [1.29, 1.82) is 0 Å². The minimum absolute atomic E-state index is 0.0371. The van der Waals surface area contributed by atoms with E-state index in [9.17, 15) is 29.1 Å². The van der Waals surface area contributed by atoms with Crippen LogP contribution in [0.25, 0.3) is 10.8 Å². The Bertz CT molecular complexity index is 2510. The van der Waals surface area contributed by atoms with Gasteiger partial charge in [-0.15, -0.1) is 0 Å². The largest absolute Gasteiger partial charge is 0.457 e. The summed E-state index contributed by atoms with van der Waals surface area (Å²) in [5.41, 5.74) is -2.12. The van der Waals surface area contributed by atoms with Crippen molar-refractivity contribution < 1.29 is 47.3 Å². The highest BCUT2D eigenvalue weighted by atomic mass is 19.1. The molecular weight excluding hydrogens is 797 g/mol. The van der Waals surface area contributed by atoms with Crippen LogP contribution in [0.3, 0.4) is 0 Å². The maximum Gasteiger partial charge on any atom is 0.338 e. The van der Waals surface area contributed by atoms with E-state index in [0.29, 0.717) is 24.1 Å². The van der Waals surface area contributed by atoms with Crippen LogP contribution in [0.5, 0.6) is 0 Å². The predicted octanol–water partition coefficient (Wildman–Crippen LogP) is 7.49. The van der Waals surface area contributed by atoms with Crippen molar-refractivity contribution in [2.45, 2.75) is 70.1 Å². The van der Waals surface area contributed by atoms with Crippen LogP contribution in [0.15, 0.2) is 109 Å². The number of allylic oxidation sites excluding steroid dienone is 4. The lowest BCUT2D eigenvalue weighted by molar-refractivity contribution is -0.202. The van der Waals surface area contributed by atoms with Crippen molar-refractivity contribution in [3.05, 3.63) is 131 Å². The Morgan fingerprint density at radius 2 is 1.61 bits per heavy atom. The molecule has 3 aromatic carbocycles. The Morgan fingerprint density at radius 3 is 2.31 bits per heavy atom. The number of rotatable bonds is 11. The lowest BCUT2D eigenvalue weighted by Crippen LogP contribution is -2.68. The molecule has 0 bridgehead atoms. The number of carbonyl (C=O) groups excluding carboxylic acids is 5. The number of nitrogens with one attached hydrogen (secondary N) is 1. The molecule has 1 aromatic heterocycles. The summed E-state index contributed by atoms with van der Waals surface area (Å²) in [4.78, 5) is 71.1. The van der Waals surface area contributed by atoms with E-state index in [-0.39, 0.29) is 47.8 Å². The summed E-state index contributed by atoms with van der Waals surface area (Å²) in [6.07, 6.45) is 4.73. The number of ether oxygens (including phenoxy) is 2. The number of pyridine rings is 1. The van der Waals surface area contributed by atoms with Gasteiger partial charge in [-0.05, 0) is 135 Å². The van der Waals surface area contributed by atoms with E-state index >= 15 is 8.78 Å². The molecule has 4 aliphatic rings. The summed E-state index contributed by atoms with van der Waals surface area (Å²) in [6, 6.07) is 19.8. The lowest BCUT2D eigenvalue weighted by atomic mass is 9.45. The summed E-state index contributed by atoms with van der Waals surface area (Å²) in [5, 5.41) is 16.4. The van der Waals surface area contributed by atoms with E-state index in [0.717, 1.165) is 22.4 Å². The molecule has 1 heterocycles. The van der Waals surface area contributed by atoms with E-state index < -0.39 is 76.9 Å². The van der Waals surface area contributed by atoms with Gasteiger partial charge in [0.2, 0.25) is 5.91 Å². The average Bonchev–Trinajstić information content (AvgIpc) is 3.60. The maximum atomic E-state index is 17.4. The summed E-state index contributed by atoms with van der Waals surface area (Å²) >= 11 is 0. The average molecular weight is 846 g/mol. The number of esters is 2. The zero-order valence-corrected chi connectivity index (χ0v) is 35.0. The monoisotopic (exact) mass is 845 g/mol. The highest BCUT2D eigenvalue weighted by molar-refractivity contribution is 6.01.